The van der Waals surface area contributed by atoms with Crippen molar-refractivity contribution in [2.24, 2.45) is 5.84 Å². The Bertz CT molecular complexity index is 722. The van der Waals surface area contributed by atoms with Crippen LogP contribution in [0.2, 0.25) is 5.02 Å². The minimum absolute atomic E-state index is 0.0160. The lowest BCUT2D eigenvalue weighted by Crippen LogP contribution is -2.39. The summed E-state index contributed by atoms with van der Waals surface area (Å²) < 4.78 is 0. The van der Waals surface area contributed by atoms with Crippen molar-refractivity contribution in [2.45, 2.75) is 13.0 Å². The molecule has 0 heterocycles. The van der Waals surface area contributed by atoms with Gasteiger partial charge in [-0.3, -0.25) is 20.3 Å². The number of nitrogens with two attached hydrogens (primary N) is 1. The molecule has 0 bridgehead atoms. The summed E-state index contributed by atoms with van der Waals surface area (Å²) in [6.45, 7) is 1.45. The fourth-order valence-corrected chi connectivity index (χ4v) is 2.56. The van der Waals surface area contributed by atoms with Gasteiger partial charge < -0.3 is 5.32 Å². The summed E-state index contributed by atoms with van der Waals surface area (Å²) in [5.41, 5.74) is 4.40. The van der Waals surface area contributed by atoms with E-state index < -0.39 is 0 Å². The Hall–Kier alpha value is -2.41. The van der Waals surface area contributed by atoms with Gasteiger partial charge in [-0.1, -0.05) is 41.9 Å². The minimum Gasteiger partial charge on any atom is -0.326 e. The average Bonchev–Trinajstić information content (AvgIpc) is 2.57. The summed E-state index contributed by atoms with van der Waals surface area (Å²) in [6, 6.07) is 14.4. The van der Waals surface area contributed by atoms with Crippen molar-refractivity contribution in [1.82, 2.24) is 10.7 Å². The molecule has 1 unspecified atom stereocenters. The fraction of sp³-hybridized carbons (Fsp3) is 0.176. The van der Waals surface area contributed by atoms with Gasteiger partial charge in [0.05, 0.1) is 12.6 Å². The highest BCUT2D eigenvalue weighted by Gasteiger charge is 2.19. The first-order valence-corrected chi connectivity index (χ1v) is 7.74. The van der Waals surface area contributed by atoms with Crippen LogP contribution in [0.1, 0.15) is 24.1 Å². The highest BCUT2D eigenvalue weighted by atomic mass is 35.5. The predicted octanol–water partition coefficient (Wildman–Crippen LogP) is 1.97. The molecule has 0 spiro atoms. The quantitative estimate of drug-likeness (QED) is 0.365. The lowest BCUT2D eigenvalue weighted by atomic mass is 9.97. The van der Waals surface area contributed by atoms with Gasteiger partial charge in [0, 0.05) is 17.6 Å². The molecular formula is C17H19ClN4O2. The molecule has 126 valence electrons. The molecule has 24 heavy (non-hydrogen) atoms. The van der Waals surface area contributed by atoms with Gasteiger partial charge in [0.25, 0.3) is 0 Å². The SMILES string of the molecule is CC(=O)Nc1ccc(Cl)cc1C(NCC(=O)NN)c1ccccc1. The highest BCUT2D eigenvalue weighted by molar-refractivity contribution is 6.30. The molecule has 0 aliphatic heterocycles. The van der Waals surface area contributed by atoms with Crippen LogP contribution in [0.3, 0.4) is 0 Å². The molecule has 1 atom stereocenters. The number of carbonyl (C=O) groups is 2. The van der Waals surface area contributed by atoms with Crippen molar-refractivity contribution >= 4 is 29.1 Å². The van der Waals surface area contributed by atoms with E-state index in [0.29, 0.717) is 10.7 Å². The third-order valence-electron chi connectivity index (χ3n) is 3.40. The van der Waals surface area contributed by atoms with E-state index in [4.69, 9.17) is 17.4 Å². The van der Waals surface area contributed by atoms with Crippen LogP contribution in [0.5, 0.6) is 0 Å². The maximum Gasteiger partial charge on any atom is 0.247 e. The minimum atomic E-state index is -0.348. The van der Waals surface area contributed by atoms with E-state index in [-0.39, 0.29) is 24.4 Å². The Balaban J connectivity index is 2.44. The predicted molar refractivity (Wildman–Crippen MR) is 94.4 cm³/mol. The standard InChI is InChI=1S/C17H19ClN4O2/c1-11(23)21-15-8-7-13(18)9-14(15)17(20-10-16(24)22-19)12-5-3-2-4-6-12/h2-9,17,20H,10,19H2,1H3,(H,21,23)(H,22,24). The lowest BCUT2D eigenvalue weighted by molar-refractivity contribution is -0.120. The van der Waals surface area contributed by atoms with Crippen LogP contribution in [-0.2, 0) is 9.59 Å². The van der Waals surface area contributed by atoms with Crippen molar-refractivity contribution in [1.29, 1.82) is 0 Å². The molecule has 7 heteroatoms. The number of hydrazine groups is 1. The maximum atomic E-state index is 11.5. The number of rotatable bonds is 6. The van der Waals surface area contributed by atoms with E-state index in [1.54, 1.807) is 18.2 Å². The monoisotopic (exact) mass is 346 g/mol. The number of hydrogen-bond acceptors (Lipinski definition) is 4. The smallest absolute Gasteiger partial charge is 0.247 e. The molecule has 2 aromatic carbocycles. The van der Waals surface area contributed by atoms with Gasteiger partial charge in [0.2, 0.25) is 11.8 Å². The zero-order chi connectivity index (χ0) is 17.5. The number of carbonyl (C=O) groups excluding carboxylic acids is 2. The lowest BCUT2D eigenvalue weighted by Gasteiger charge is -2.22. The molecule has 2 amide bonds. The maximum absolute atomic E-state index is 11.5. The highest BCUT2D eigenvalue weighted by Crippen LogP contribution is 2.31. The third kappa shape index (κ3) is 4.79. The number of amides is 2. The van der Waals surface area contributed by atoms with E-state index in [1.165, 1.54) is 6.92 Å². The van der Waals surface area contributed by atoms with Crippen molar-refractivity contribution in [3.05, 3.63) is 64.7 Å². The normalized spacial score (nSPS) is 11.6. The first-order valence-electron chi connectivity index (χ1n) is 7.36. The molecule has 0 radical (unpaired) electrons. The summed E-state index contributed by atoms with van der Waals surface area (Å²) in [7, 11) is 0. The van der Waals surface area contributed by atoms with Gasteiger partial charge in [0.1, 0.15) is 0 Å². The van der Waals surface area contributed by atoms with E-state index >= 15 is 0 Å². The van der Waals surface area contributed by atoms with Crippen LogP contribution in [-0.4, -0.2) is 18.4 Å². The van der Waals surface area contributed by atoms with E-state index in [2.05, 4.69) is 16.1 Å². The second kappa shape index (κ2) is 8.44. The van der Waals surface area contributed by atoms with Gasteiger partial charge >= 0.3 is 0 Å². The molecule has 0 saturated carbocycles. The Morgan fingerprint density at radius 1 is 1.17 bits per heavy atom. The van der Waals surface area contributed by atoms with Gasteiger partial charge in [0.15, 0.2) is 0 Å². The molecular weight excluding hydrogens is 328 g/mol. The summed E-state index contributed by atoms with van der Waals surface area (Å²) in [4.78, 5) is 23.0. The summed E-state index contributed by atoms with van der Waals surface area (Å²) in [5, 5.41) is 6.46. The molecule has 0 saturated heterocycles. The number of hydrogen-bond donors (Lipinski definition) is 4. The largest absolute Gasteiger partial charge is 0.326 e. The van der Waals surface area contributed by atoms with Crippen LogP contribution >= 0.6 is 11.6 Å². The zero-order valence-electron chi connectivity index (χ0n) is 13.2. The number of halogens is 1. The Kier molecular flexibility index (Phi) is 6.31. The molecule has 0 aliphatic rings. The molecule has 5 N–H and O–H groups in total. The van der Waals surface area contributed by atoms with Crippen LogP contribution < -0.4 is 21.9 Å². The third-order valence-corrected chi connectivity index (χ3v) is 3.63. The van der Waals surface area contributed by atoms with Crippen LogP contribution in [0, 0.1) is 0 Å². The first-order chi connectivity index (χ1) is 11.5. The van der Waals surface area contributed by atoms with Gasteiger partial charge in [-0.2, -0.15) is 0 Å². The van der Waals surface area contributed by atoms with Crippen LogP contribution in [0.25, 0.3) is 0 Å². The van der Waals surface area contributed by atoms with Crippen LogP contribution in [0.4, 0.5) is 5.69 Å². The second-order valence-electron chi connectivity index (χ2n) is 5.20. The van der Waals surface area contributed by atoms with Gasteiger partial charge in [-0.15, -0.1) is 0 Å². The number of benzene rings is 2. The summed E-state index contributed by atoms with van der Waals surface area (Å²) >= 11 is 6.14. The number of nitrogens with one attached hydrogen (secondary N) is 3. The molecule has 0 fully saturated rings. The second-order valence-corrected chi connectivity index (χ2v) is 5.64. The van der Waals surface area contributed by atoms with Gasteiger partial charge in [-0.25, -0.2) is 5.84 Å². The average molecular weight is 347 g/mol. The molecule has 6 nitrogen and oxygen atoms in total. The summed E-state index contributed by atoms with van der Waals surface area (Å²) in [6.07, 6.45) is 0. The Morgan fingerprint density at radius 3 is 2.50 bits per heavy atom. The van der Waals surface area contributed by atoms with Crippen molar-refractivity contribution in [3.63, 3.8) is 0 Å². The zero-order valence-corrected chi connectivity index (χ0v) is 13.9. The number of anilines is 1. The van der Waals surface area contributed by atoms with E-state index in [9.17, 15) is 9.59 Å². The Morgan fingerprint density at radius 2 is 1.88 bits per heavy atom. The molecule has 0 aliphatic carbocycles. The van der Waals surface area contributed by atoms with E-state index in [1.807, 2.05) is 30.3 Å². The molecule has 0 aromatic heterocycles. The first kappa shape index (κ1) is 17.9. The Labute approximate surface area is 145 Å². The van der Waals surface area contributed by atoms with Crippen molar-refractivity contribution in [2.75, 3.05) is 11.9 Å². The van der Waals surface area contributed by atoms with Crippen molar-refractivity contribution in [3.8, 4) is 0 Å². The molecule has 2 aromatic rings. The summed E-state index contributed by atoms with van der Waals surface area (Å²) in [5.74, 6) is 4.60. The van der Waals surface area contributed by atoms with Gasteiger partial charge in [-0.05, 0) is 29.3 Å². The van der Waals surface area contributed by atoms with Crippen molar-refractivity contribution < 1.29 is 9.59 Å². The molecule has 2 rings (SSSR count). The fourth-order valence-electron chi connectivity index (χ4n) is 2.37. The van der Waals surface area contributed by atoms with E-state index in [0.717, 1.165) is 11.1 Å². The topological polar surface area (TPSA) is 96.2 Å². The van der Waals surface area contributed by atoms with Crippen LogP contribution in [0.15, 0.2) is 48.5 Å².